The zero-order chi connectivity index (χ0) is 14.0. The van der Waals surface area contributed by atoms with E-state index in [9.17, 15) is 19.3 Å². The molecule has 5 nitrogen and oxygen atoms in total. The van der Waals surface area contributed by atoms with Gasteiger partial charge in [-0.3, -0.25) is 10.1 Å². The number of benzene rings is 1. The molecule has 0 spiro atoms. The average molecular weight is 287 g/mol. The number of carbonyl (C=O) groups is 1. The summed E-state index contributed by atoms with van der Waals surface area (Å²) < 4.78 is 13.5. The second-order valence-electron chi connectivity index (χ2n) is 4.47. The SMILES string of the molecule is O=CC1CCN(c2cc(F)c(Cl)cc2[N+](=O)[O-])CC1. The van der Waals surface area contributed by atoms with Crippen LogP contribution in [0, 0.1) is 21.8 Å². The topological polar surface area (TPSA) is 63.5 Å². The van der Waals surface area contributed by atoms with Gasteiger partial charge in [0.25, 0.3) is 5.69 Å². The van der Waals surface area contributed by atoms with Gasteiger partial charge >= 0.3 is 0 Å². The summed E-state index contributed by atoms with van der Waals surface area (Å²) in [7, 11) is 0. The Labute approximate surface area is 114 Å². The predicted molar refractivity (Wildman–Crippen MR) is 69.1 cm³/mol. The summed E-state index contributed by atoms with van der Waals surface area (Å²) >= 11 is 5.57. The van der Waals surface area contributed by atoms with Gasteiger partial charge in [0.2, 0.25) is 0 Å². The van der Waals surface area contributed by atoms with Crippen molar-refractivity contribution < 1.29 is 14.1 Å². The molecule has 0 atom stereocenters. The minimum absolute atomic E-state index is 0.0209. The molecule has 0 radical (unpaired) electrons. The van der Waals surface area contributed by atoms with Crippen LogP contribution < -0.4 is 4.90 Å². The van der Waals surface area contributed by atoms with Gasteiger partial charge in [0.1, 0.15) is 17.8 Å². The molecule has 19 heavy (non-hydrogen) atoms. The van der Waals surface area contributed by atoms with E-state index in [2.05, 4.69) is 0 Å². The van der Waals surface area contributed by atoms with Crippen LogP contribution in [0.4, 0.5) is 15.8 Å². The minimum Gasteiger partial charge on any atom is -0.366 e. The highest BCUT2D eigenvalue weighted by Gasteiger charge is 2.26. The van der Waals surface area contributed by atoms with Crippen LogP contribution in [0.15, 0.2) is 12.1 Å². The molecule has 0 unspecified atom stereocenters. The number of halogens is 2. The number of piperidine rings is 1. The number of nitro benzene ring substituents is 1. The number of aldehydes is 1. The van der Waals surface area contributed by atoms with Crippen molar-refractivity contribution in [2.24, 2.45) is 5.92 Å². The summed E-state index contributed by atoms with van der Waals surface area (Å²) in [4.78, 5) is 22.8. The third kappa shape index (κ3) is 2.84. The van der Waals surface area contributed by atoms with Crippen LogP contribution in [-0.4, -0.2) is 24.3 Å². The fourth-order valence-electron chi connectivity index (χ4n) is 2.20. The van der Waals surface area contributed by atoms with Crippen molar-refractivity contribution in [1.29, 1.82) is 0 Å². The normalized spacial score (nSPS) is 16.4. The quantitative estimate of drug-likeness (QED) is 0.487. The van der Waals surface area contributed by atoms with Crippen molar-refractivity contribution in [3.63, 3.8) is 0 Å². The molecule has 1 saturated heterocycles. The third-order valence-electron chi connectivity index (χ3n) is 3.29. The molecule has 0 bridgehead atoms. The zero-order valence-electron chi connectivity index (χ0n) is 10.0. The molecule has 0 amide bonds. The molecule has 0 saturated carbocycles. The third-order valence-corrected chi connectivity index (χ3v) is 3.58. The van der Waals surface area contributed by atoms with Crippen molar-refractivity contribution in [2.45, 2.75) is 12.8 Å². The zero-order valence-corrected chi connectivity index (χ0v) is 10.8. The van der Waals surface area contributed by atoms with E-state index < -0.39 is 10.7 Å². The molecular weight excluding hydrogens is 275 g/mol. The van der Waals surface area contributed by atoms with E-state index >= 15 is 0 Å². The van der Waals surface area contributed by atoms with Crippen LogP contribution in [0.5, 0.6) is 0 Å². The molecule has 102 valence electrons. The molecule has 1 aliphatic rings. The second kappa shape index (κ2) is 5.52. The van der Waals surface area contributed by atoms with Crippen LogP contribution in [0.25, 0.3) is 0 Å². The van der Waals surface area contributed by atoms with Gasteiger partial charge in [0, 0.05) is 31.1 Å². The van der Waals surface area contributed by atoms with Crippen molar-refractivity contribution in [1.82, 2.24) is 0 Å². The van der Waals surface area contributed by atoms with Crippen LogP contribution in [0.3, 0.4) is 0 Å². The lowest BCUT2D eigenvalue weighted by atomic mass is 9.98. The van der Waals surface area contributed by atoms with Crippen molar-refractivity contribution in [3.05, 3.63) is 33.1 Å². The molecule has 1 aliphatic heterocycles. The maximum atomic E-state index is 13.5. The lowest BCUT2D eigenvalue weighted by molar-refractivity contribution is -0.384. The predicted octanol–water partition coefficient (Wildman–Crippen LogP) is 2.80. The number of nitro groups is 1. The fourth-order valence-corrected chi connectivity index (χ4v) is 2.36. The van der Waals surface area contributed by atoms with Gasteiger partial charge in [0.05, 0.1) is 9.95 Å². The van der Waals surface area contributed by atoms with Gasteiger partial charge in [-0.15, -0.1) is 0 Å². The Morgan fingerprint density at radius 3 is 2.58 bits per heavy atom. The Hall–Kier alpha value is -1.69. The standard InChI is InChI=1S/C12H12ClFN2O3/c13-9-5-12(16(18)19)11(6-10(9)14)15-3-1-8(7-17)2-4-15/h5-8H,1-4H2. The second-order valence-corrected chi connectivity index (χ2v) is 4.88. The first-order valence-electron chi connectivity index (χ1n) is 5.86. The number of hydrogen-bond donors (Lipinski definition) is 0. The Kier molecular flexibility index (Phi) is 3.99. The van der Waals surface area contributed by atoms with Gasteiger partial charge in [-0.1, -0.05) is 11.6 Å². The molecule has 1 fully saturated rings. The van der Waals surface area contributed by atoms with E-state index in [1.165, 1.54) is 0 Å². The molecule has 0 aromatic heterocycles. The Balaban J connectivity index is 2.31. The number of hydrogen-bond acceptors (Lipinski definition) is 4. The number of nitrogens with zero attached hydrogens (tertiary/aromatic N) is 2. The number of rotatable bonds is 3. The highest BCUT2D eigenvalue weighted by molar-refractivity contribution is 6.31. The van der Waals surface area contributed by atoms with Crippen LogP contribution >= 0.6 is 11.6 Å². The largest absolute Gasteiger partial charge is 0.366 e. The highest BCUT2D eigenvalue weighted by Crippen LogP contribution is 2.35. The Morgan fingerprint density at radius 1 is 1.42 bits per heavy atom. The molecular formula is C12H12ClFN2O3. The summed E-state index contributed by atoms with van der Waals surface area (Å²) in [6.45, 7) is 0.983. The van der Waals surface area contributed by atoms with E-state index in [0.717, 1.165) is 18.4 Å². The lowest BCUT2D eigenvalue weighted by Gasteiger charge is -2.31. The molecule has 7 heteroatoms. The maximum absolute atomic E-state index is 13.5. The molecule has 1 heterocycles. The molecule has 1 aromatic carbocycles. The summed E-state index contributed by atoms with van der Waals surface area (Å²) in [6.07, 6.45) is 2.13. The first-order valence-corrected chi connectivity index (χ1v) is 6.24. The minimum atomic E-state index is -0.681. The number of carbonyl (C=O) groups excluding carboxylic acids is 1. The lowest BCUT2D eigenvalue weighted by Crippen LogP contribution is -2.34. The molecule has 1 aromatic rings. The van der Waals surface area contributed by atoms with Gasteiger partial charge in [-0.25, -0.2) is 4.39 Å². The number of anilines is 1. The smallest absolute Gasteiger partial charge is 0.294 e. The van der Waals surface area contributed by atoms with E-state index in [1.54, 1.807) is 4.90 Å². The summed E-state index contributed by atoms with van der Waals surface area (Å²) in [5, 5.41) is 10.7. The van der Waals surface area contributed by atoms with Crippen molar-refractivity contribution in [2.75, 3.05) is 18.0 Å². The first kappa shape index (κ1) is 13.7. The van der Waals surface area contributed by atoms with Crippen LogP contribution in [-0.2, 0) is 4.79 Å². The average Bonchev–Trinajstić information content (AvgIpc) is 2.41. The van der Waals surface area contributed by atoms with E-state index in [1.807, 2.05) is 0 Å². The maximum Gasteiger partial charge on any atom is 0.294 e. The molecule has 0 aliphatic carbocycles. The monoisotopic (exact) mass is 286 g/mol. The van der Waals surface area contributed by atoms with Crippen molar-refractivity contribution >= 4 is 29.3 Å². The molecule has 2 rings (SSSR count). The summed E-state index contributed by atoms with van der Waals surface area (Å²) in [6, 6.07) is 2.11. The van der Waals surface area contributed by atoms with Gasteiger partial charge in [-0.2, -0.15) is 0 Å². The van der Waals surface area contributed by atoms with Gasteiger partial charge in [0.15, 0.2) is 0 Å². The Bertz CT molecular complexity index is 516. The van der Waals surface area contributed by atoms with E-state index in [-0.39, 0.29) is 22.3 Å². The van der Waals surface area contributed by atoms with E-state index in [4.69, 9.17) is 11.6 Å². The molecule has 0 N–H and O–H groups in total. The van der Waals surface area contributed by atoms with Crippen molar-refractivity contribution in [3.8, 4) is 0 Å². The van der Waals surface area contributed by atoms with Gasteiger partial charge in [-0.05, 0) is 12.8 Å². The summed E-state index contributed by atoms with van der Waals surface area (Å²) in [5.74, 6) is -0.702. The van der Waals surface area contributed by atoms with Gasteiger partial charge < -0.3 is 9.69 Å². The first-order chi connectivity index (χ1) is 9.02. The summed E-state index contributed by atoms with van der Waals surface area (Å²) in [5.41, 5.74) is 0.00667. The Morgan fingerprint density at radius 2 is 2.05 bits per heavy atom. The van der Waals surface area contributed by atoms with Crippen LogP contribution in [0.1, 0.15) is 12.8 Å². The highest BCUT2D eigenvalue weighted by atomic mass is 35.5. The fraction of sp³-hybridized carbons (Fsp3) is 0.417. The van der Waals surface area contributed by atoms with E-state index in [0.29, 0.717) is 25.9 Å². The van der Waals surface area contributed by atoms with Crippen LogP contribution in [0.2, 0.25) is 5.02 Å².